The van der Waals surface area contributed by atoms with Crippen molar-refractivity contribution in [2.45, 2.75) is 13.0 Å². The Labute approximate surface area is 140 Å². The Morgan fingerprint density at radius 2 is 2.00 bits per heavy atom. The fraction of sp³-hybridized carbons (Fsp3) is 0.353. The van der Waals surface area contributed by atoms with Crippen molar-refractivity contribution >= 4 is 17.7 Å². The molecule has 120 valence electrons. The molecule has 0 unspecified atom stereocenters. The Bertz CT molecular complexity index is 673. The van der Waals surface area contributed by atoms with E-state index in [4.69, 9.17) is 4.74 Å². The number of aryl methyl sites for hydroxylation is 1. The number of carbonyl (C=O) groups excluding carboxylic acids is 1. The monoisotopic (exact) mass is 329 g/mol. The fourth-order valence-corrected chi connectivity index (χ4v) is 3.69. The molecule has 0 aliphatic carbocycles. The molecule has 0 radical (unpaired) electrons. The average Bonchev–Trinajstić information content (AvgIpc) is 2.62. The first-order chi connectivity index (χ1) is 11.2. The molecule has 0 bridgehead atoms. The third-order valence-corrected chi connectivity index (χ3v) is 4.94. The van der Waals surface area contributed by atoms with Crippen LogP contribution in [0.5, 0.6) is 5.88 Å². The predicted molar refractivity (Wildman–Crippen MR) is 90.9 cm³/mol. The number of carbonyl (C=O) groups is 1. The van der Waals surface area contributed by atoms with E-state index in [9.17, 15) is 4.79 Å². The third kappa shape index (κ3) is 3.47. The minimum absolute atomic E-state index is 0.0748. The van der Waals surface area contributed by atoms with Crippen LogP contribution < -0.4 is 4.74 Å². The van der Waals surface area contributed by atoms with Gasteiger partial charge >= 0.3 is 0 Å². The number of benzene rings is 1. The van der Waals surface area contributed by atoms with Gasteiger partial charge < -0.3 is 9.64 Å². The number of ether oxygens (including phenoxy) is 1. The minimum Gasteiger partial charge on any atom is -0.480 e. The van der Waals surface area contributed by atoms with Crippen LogP contribution in [-0.2, 0) is 0 Å². The van der Waals surface area contributed by atoms with Crippen LogP contribution in [0.1, 0.15) is 27.7 Å². The lowest BCUT2D eigenvalue weighted by atomic mass is 10.0. The van der Waals surface area contributed by atoms with Crippen molar-refractivity contribution in [3.63, 3.8) is 0 Å². The summed E-state index contributed by atoms with van der Waals surface area (Å²) in [7, 11) is 1.53. The van der Waals surface area contributed by atoms with E-state index in [1.54, 1.807) is 12.1 Å². The lowest BCUT2D eigenvalue weighted by molar-refractivity contribution is 0.0694. The molecule has 1 amide bonds. The fourth-order valence-electron chi connectivity index (χ4n) is 2.60. The van der Waals surface area contributed by atoms with E-state index in [0.717, 1.165) is 23.6 Å². The highest BCUT2D eigenvalue weighted by Gasteiger charge is 2.29. The first-order valence-electron chi connectivity index (χ1n) is 7.52. The van der Waals surface area contributed by atoms with Crippen LogP contribution in [-0.4, -0.2) is 46.2 Å². The Morgan fingerprint density at radius 3 is 2.65 bits per heavy atom. The molecule has 2 heterocycles. The van der Waals surface area contributed by atoms with Gasteiger partial charge in [0.2, 0.25) is 5.88 Å². The second-order valence-electron chi connectivity index (χ2n) is 5.46. The number of thioether (sulfide) groups is 1. The first kappa shape index (κ1) is 15.8. The van der Waals surface area contributed by atoms with Gasteiger partial charge in [-0.25, -0.2) is 0 Å². The maximum atomic E-state index is 12.8. The Morgan fingerprint density at radius 1 is 1.22 bits per heavy atom. The molecule has 0 N–H and O–H groups in total. The van der Waals surface area contributed by atoms with Crippen molar-refractivity contribution < 1.29 is 9.53 Å². The molecule has 6 heteroatoms. The van der Waals surface area contributed by atoms with Crippen LogP contribution in [0.4, 0.5) is 0 Å². The van der Waals surface area contributed by atoms with Crippen molar-refractivity contribution in [2.75, 3.05) is 25.2 Å². The zero-order valence-electron chi connectivity index (χ0n) is 13.2. The molecule has 5 nitrogen and oxygen atoms in total. The van der Waals surface area contributed by atoms with Gasteiger partial charge in [-0.1, -0.05) is 29.8 Å². The number of amides is 1. The Balaban J connectivity index is 1.85. The highest BCUT2D eigenvalue weighted by Crippen LogP contribution is 2.30. The van der Waals surface area contributed by atoms with Crippen molar-refractivity contribution in [3.8, 4) is 5.88 Å². The Kier molecular flexibility index (Phi) is 4.81. The van der Waals surface area contributed by atoms with Gasteiger partial charge in [0.15, 0.2) is 5.69 Å². The van der Waals surface area contributed by atoms with Gasteiger partial charge in [-0.3, -0.25) is 4.79 Å². The summed E-state index contributed by atoms with van der Waals surface area (Å²) in [4.78, 5) is 14.7. The molecule has 1 saturated heterocycles. The van der Waals surface area contributed by atoms with Crippen LogP contribution in [0.2, 0.25) is 0 Å². The predicted octanol–water partition coefficient (Wildman–Crippen LogP) is 2.72. The molecule has 1 aromatic heterocycles. The van der Waals surface area contributed by atoms with E-state index in [1.807, 2.05) is 16.7 Å². The molecule has 1 atom stereocenters. The summed E-state index contributed by atoms with van der Waals surface area (Å²) in [5.74, 6) is 2.17. The largest absolute Gasteiger partial charge is 0.480 e. The molecular weight excluding hydrogens is 310 g/mol. The Hall–Kier alpha value is -2.08. The summed E-state index contributed by atoms with van der Waals surface area (Å²) in [6, 6.07) is 11.8. The summed E-state index contributed by atoms with van der Waals surface area (Å²) < 4.78 is 4.99. The molecule has 1 fully saturated rings. The highest BCUT2D eigenvalue weighted by atomic mass is 32.2. The smallest absolute Gasteiger partial charge is 0.274 e. The summed E-state index contributed by atoms with van der Waals surface area (Å²) >= 11 is 1.87. The molecule has 1 aliphatic rings. The van der Waals surface area contributed by atoms with Gasteiger partial charge in [0.1, 0.15) is 0 Å². The van der Waals surface area contributed by atoms with Crippen molar-refractivity contribution in [2.24, 2.45) is 0 Å². The number of aromatic nitrogens is 2. The molecule has 1 aliphatic heterocycles. The van der Waals surface area contributed by atoms with Gasteiger partial charge in [0.05, 0.1) is 13.2 Å². The number of hydrogen-bond acceptors (Lipinski definition) is 5. The van der Waals surface area contributed by atoms with Crippen LogP contribution in [0.15, 0.2) is 36.4 Å². The minimum atomic E-state index is -0.0778. The third-order valence-electron chi connectivity index (χ3n) is 3.92. The molecular formula is C17H19N3O2S. The number of hydrogen-bond donors (Lipinski definition) is 0. The lowest BCUT2D eigenvalue weighted by Gasteiger charge is -2.35. The second kappa shape index (κ2) is 7.00. The van der Waals surface area contributed by atoms with E-state index in [1.165, 1.54) is 12.7 Å². The van der Waals surface area contributed by atoms with E-state index < -0.39 is 0 Å². The summed E-state index contributed by atoms with van der Waals surface area (Å²) in [5.41, 5.74) is 2.74. The van der Waals surface area contributed by atoms with Gasteiger partial charge in [-0.2, -0.15) is 11.8 Å². The molecule has 0 spiro atoms. The van der Waals surface area contributed by atoms with Crippen molar-refractivity contribution in [1.82, 2.24) is 15.1 Å². The normalized spacial score (nSPS) is 17.8. The van der Waals surface area contributed by atoms with Crippen LogP contribution in [0, 0.1) is 6.92 Å². The molecule has 23 heavy (non-hydrogen) atoms. The molecule has 3 rings (SSSR count). The quantitative estimate of drug-likeness (QED) is 0.866. The second-order valence-corrected chi connectivity index (χ2v) is 6.61. The standard InChI is InChI=1S/C17H19N3O2S/c1-12-3-5-13(6-4-12)15-11-23-10-9-20(15)17(21)14-7-8-16(22-2)19-18-14/h3-8,15H,9-11H2,1-2H3/t15-/m1/s1. The van der Waals surface area contributed by atoms with Gasteiger partial charge in [-0.15, -0.1) is 10.2 Å². The van der Waals surface area contributed by atoms with Crippen LogP contribution >= 0.6 is 11.8 Å². The molecule has 1 aromatic carbocycles. The number of methoxy groups -OCH3 is 1. The van der Waals surface area contributed by atoms with Crippen LogP contribution in [0.25, 0.3) is 0 Å². The molecule has 0 saturated carbocycles. The summed E-state index contributed by atoms with van der Waals surface area (Å²) in [5, 5.41) is 7.89. The van der Waals surface area contributed by atoms with Gasteiger partial charge in [0, 0.05) is 24.1 Å². The summed E-state index contributed by atoms with van der Waals surface area (Å²) in [6.07, 6.45) is 0. The van der Waals surface area contributed by atoms with E-state index in [0.29, 0.717) is 11.6 Å². The lowest BCUT2D eigenvalue weighted by Crippen LogP contribution is -2.41. The van der Waals surface area contributed by atoms with Crippen LogP contribution in [0.3, 0.4) is 0 Å². The maximum absolute atomic E-state index is 12.8. The maximum Gasteiger partial charge on any atom is 0.274 e. The zero-order chi connectivity index (χ0) is 16.2. The van der Waals surface area contributed by atoms with Gasteiger partial charge in [0.25, 0.3) is 5.91 Å². The number of nitrogens with zero attached hydrogens (tertiary/aromatic N) is 3. The van der Waals surface area contributed by atoms with E-state index >= 15 is 0 Å². The topological polar surface area (TPSA) is 55.3 Å². The first-order valence-corrected chi connectivity index (χ1v) is 8.67. The zero-order valence-corrected chi connectivity index (χ0v) is 14.0. The summed E-state index contributed by atoms with van der Waals surface area (Å²) in [6.45, 7) is 2.78. The van der Waals surface area contributed by atoms with Crippen molar-refractivity contribution in [3.05, 3.63) is 53.2 Å². The highest BCUT2D eigenvalue weighted by molar-refractivity contribution is 7.99. The van der Waals surface area contributed by atoms with E-state index in [-0.39, 0.29) is 11.9 Å². The van der Waals surface area contributed by atoms with Gasteiger partial charge in [-0.05, 0) is 18.6 Å². The molecule has 2 aromatic rings. The SMILES string of the molecule is COc1ccc(C(=O)N2CCSC[C@@H]2c2ccc(C)cc2)nn1. The van der Waals surface area contributed by atoms with E-state index in [2.05, 4.69) is 41.4 Å². The number of rotatable bonds is 3. The average molecular weight is 329 g/mol. The van der Waals surface area contributed by atoms with Crippen molar-refractivity contribution in [1.29, 1.82) is 0 Å².